The molecule has 2 heterocycles. The summed E-state index contributed by atoms with van der Waals surface area (Å²) >= 11 is 0. The van der Waals surface area contributed by atoms with Gasteiger partial charge in [0.15, 0.2) is 17.1 Å². The second-order valence-corrected chi connectivity index (χ2v) is 8.73. The van der Waals surface area contributed by atoms with Crippen molar-refractivity contribution in [2.75, 3.05) is 21.3 Å². The molecule has 0 radical (unpaired) electrons. The Balaban J connectivity index is 1.48. The first-order valence-electron chi connectivity index (χ1n) is 11.9. The van der Waals surface area contributed by atoms with Gasteiger partial charge >= 0.3 is 0 Å². The van der Waals surface area contributed by atoms with Gasteiger partial charge in [-0.3, -0.25) is 4.79 Å². The summed E-state index contributed by atoms with van der Waals surface area (Å²) in [6.45, 7) is 3.84. The van der Waals surface area contributed by atoms with E-state index in [1.807, 2.05) is 50.2 Å². The second kappa shape index (κ2) is 9.81. The number of benzene rings is 3. The van der Waals surface area contributed by atoms with Gasteiger partial charge in [0.2, 0.25) is 5.75 Å². The molecule has 1 N–H and O–H groups in total. The molecule has 0 saturated heterocycles. The van der Waals surface area contributed by atoms with Crippen LogP contribution in [0.1, 0.15) is 34.6 Å². The van der Waals surface area contributed by atoms with Gasteiger partial charge in [0, 0.05) is 11.8 Å². The summed E-state index contributed by atoms with van der Waals surface area (Å²) < 4.78 is 18.1. The van der Waals surface area contributed by atoms with Gasteiger partial charge in [-0.2, -0.15) is 5.10 Å². The Kier molecular flexibility index (Phi) is 6.40. The van der Waals surface area contributed by atoms with Crippen LogP contribution in [0.4, 0.5) is 0 Å². The SMILES string of the molecule is COc1cc(-c2cnn3c(C)c(C(=O)NC(C)c4cccc5ccccc45)cnc23)cc(OC)c1OC. The number of aromatic nitrogens is 3. The molecular weight excluding hydrogens is 468 g/mol. The van der Waals surface area contributed by atoms with Crippen LogP contribution in [-0.2, 0) is 0 Å². The number of nitrogens with one attached hydrogen (secondary N) is 1. The van der Waals surface area contributed by atoms with Crippen molar-refractivity contribution in [1.29, 1.82) is 0 Å². The molecule has 0 bridgehead atoms. The fourth-order valence-electron chi connectivity index (χ4n) is 4.69. The number of amides is 1. The first-order valence-corrected chi connectivity index (χ1v) is 11.9. The standard InChI is InChI=1S/C29H28N4O4/c1-17(21-12-8-10-19-9-6-7-11-22(19)21)32-29(34)23-15-30-28-24(16-31-33(28)18(23)2)20-13-25(35-3)27(37-5)26(14-20)36-4/h6-17H,1-5H3,(H,32,34). The van der Waals surface area contributed by atoms with Gasteiger partial charge in [0.05, 0.1) is 44.8 Å². The van der Waals surface area contributed by atoms with E-state index in [9.17, 15) is 4.79 Å². The third-order valence-electron chi connectivity index (χ3n) is 6.63. The Bertz CT molecular complexity index is 1600. The number of carbonyl (C=O) groups is 1. The van der Waals surface area contributed by atoms with E-state index in [0.717, 1.165) is 27.5 Å². The Labute approximate surface area is 214 Å². The lowest BCUT2D eigenvalue weighted by molar-refractivity contribution is 0.0938. The summed E-state index contributed by atoms with van der Waals surface area (Å²) in [5.74, 6) is 1.36. The Hall–Kier alpha value is -4.59. The summed E-state index contributed by atoms with van der Waals surface area (Å²) in [6, 6.07) is 17.8. The molecule has 3 aromatic carbocycles. The van der Waals surface area contributed by atoms with Gasteiger partial charge in [0.1, 0.15) is 0 Å². The van der Waals surface area contributed by atoms with E-state index in [1.165, 1.54) is 0 Å². The van der Waals surface area contributed by atoms with Crippen LogP contribution in [0.5, 0.6) is 17.2 Å². The Morgan fingerprint density at radius 3 is 2.35 bits per heavy atom. The number of rotatable bonds is 7. The lowest BCUT2D eigenvalue weighted by Gasteiger charge is -2.17. The Morgan fingerprint density at radius 2 is 1.65 bits per heavy atom. The molecule has 5 aromatic rings. The minimum absolute atomic E-state index is 0.193. The van der Waals surface area contributed by atoms with Crippen LogP contribution in [0, 0.1) is 6.92 Å². The molecule has 1 amide bonds. The van der Waals surface area contributed by atoms with Crippen molar-refractivity contribution in [3.63, 3.8) is 0 Å². The number of hydrogen-bond donors (Lipinski definition) is 1. The Morgan fingerprint density at radius 1 is 0.946 bits per heavy atom. The number of aryl methyl sites for hydroxylation is 1. The van der Waals surface area contributed by atoms with Crippen LogP contribution >= 0.6 is 0 Å². The van der Waals surface area contributed by atoms with Gasteiger partial charge in [0.25, 0.3) is 5.91 Å². The van der Waals surface area contributed by atoms with Crippen LogP contribution in [0.2, 0.25) is 0 Å². The molecule has 188 valence electrons. The molecule has 0 spiro atoms. The van der Waals surface area contributed by atoms with Gasteiger partial charge in [-0.15, -0.1) is 0 Å². The van der Waals surface area contributed by atoms with Gasteiger partial charge < -0.3 is 19.5 Å². The van der Waals surface area contributed by atoms with E-state index in [4.69, 9.17) is 14.2 Å². The summed E-state index contributed by atoms with van der Waals surface area (Å²) in [4.78, 5) is 17.9. The predicted molar refractivity (Wildman–Crippen MR) is 143 cm³/mol. The average Bonchev–Trinajstić information content (AvgIpc) is 3.37. The zero-order chi connectivity index (χ0) is 26.1. The number of nitrogens with zero attached hydrogens (tertiary/aromatic N) is 3. The molecule has 1 unspecified atom stereocenters. The number of ether oxygens (including phenoxy) is 3. The molecule has 2 aromatic heterocycles. The third-order valence-corrected chi connectivity index (χ3v) is 6.63. The number of methoxy groups -OCH3 is 3. The summed E-state index contributed by atoms with van der Waals surface area (Å²) in [7, 11) is 4.71. The van der Waals surface area contributed by atoms with Crippen molar-refractivity contribution in [3.8, 4) is 28.4 Å². The predicted octanol–water partition coefficient (Wildman–Crippen LogP) is 5.37. The van der Waals surface area contributed by atoms with Crippen LogP contribution in [0.3, 0.4) is 0 Å². The third kappa shape index (κ3) is 4.20. The van der Waals surface area contributed by atoms with Gasteiger partial charge in [-0.05, 0) is 47.9 Å². The van der Waals surface area contributed by atoms with E-state index in [1.54, 1.807) is 38.2 Å². The topological polar surface area (TPSA) is 87.0 Å². The highest BCUT2D eigenvalue weighted by atomic mass is 16.5. The zero-order valence-corrected chi connectivity index (χ0v) is 21.4. The van der Waals surface area contributed by atoms with Crippen molar-refractivity contribution in [3.05, 3.63) is 83.8 Å². The lowest BCUT2D eigenvalue weighted by atomic mass is 9.99. The molecule has 0 aliphatic carbocycles. The van der Waals surface area contributed by atoms with E-state index in [2.05, 4.69) is 33.6 Å². The van der Waals surface area contributed by atoms with Gasteiger partial charge in [-0.1, -0.05) is 42.5 Å². The maximum Gasteiger partial charge on any atom is 0.255 e. The minimum Gasteiger partial charge on any atom is -0.493 e. The number of fused-ring (bicyclic) bond motifs is 2. The molecule has 37 heavy (non-hydrogen) atoms. The maximum absolute atomic E-state index is 13.3. The maximum atomic E-state index is 13.3. The molecule has 0 aliphatic heterocycles. The lowest BCUT2D eigenvalue weighted by Crippen LogP contribution is -2.28. The van der Waals surface area contributed by atoms with E-state index < -0.39 is 0 Å². The van der Waals surface area contributed by atoms with Crippen LogP contribution < -0.4 is 19.5 Å². The minimum atomic E-state index is -0.211. The normalized spacial score (nSPS) is 11.9. The van der Waals surface area contributed by atoms with Crippen molar-refractivity contribution in [1.82, 2.24) is 19.9 Å². The molecular formula is C29H28N4O4. The molecule has 8 nitrogen and oxygen atoms in total. The van der Waals surface area contributed by atoms with Crippen LogP contribution in [0.15, 0.2) is 67.0 Å². The van der Waals surface area contributed by atoms with Crippen molar-refractivity contribution < 1.29 is 19.0 Å². The van der Waals surface area contributed by atoms with Crippen LogP contribution in [-0.4, -0.2) is 41.8 Å². The van der Waals surface area contributed by atoms with Gasteiger partial charge in [-0.25, -0.2) is 9.50 Å². The zero-order valence-electron chi connectivity index (χ0n) is 21.4. The first-order chi connectivity index (χ1) is 18.0. The number of carbonyl (C=O) groups excluding carboxylic acids is 1. The van der Waals surface area contributed by atoms with Crippen molar-refractivity contribution in [2.45, 2.75) is 19.9 Å². The van der Waals surface area contributed by atoms with Crippen molar-refractivity contribution >= 4 is 22.3 Å². The molecule has 1 atom stereocenters. The van der Waals surface area contributed by atoms with Crippen LogP contribution in [0.25, 0.3) is 27.5 Å². The molecule has 8 heteroatoms. The first kappa shape index (κ1) is 24.1. The van der Waals surface area contributed by atoms with E-state index in [-0.39, 0.29) is 11.9 Å². The number of hydrogen-bond acceptors (Lipinski definition) is 6. The average molecular weight is 497 g/mol. The molecule has 5 rings (SSSR count). The molecule has 0 aliphatic rings. The highest BCUT2D eigenvalue weighted by Gasteiger charge is 2.21. The highest BCUT2D eigenvalue weighted by Crippen LogP contribution is 2.41. The smallest absolute Gasteiger partial charge is 0.255 e. The van der Waals surface area contributed by atoms with E-state index >= 15 is 0 Å². The quantitative estimate of drug-likeness (QED) is 0.326. The largest absolute Gasteiger partial charge is 0.493 e. The monoisotopic (exact) mass is 496 g/mol. The molecule has 0 saturated carbocycles. The van der Waals surface area contributed by atoms with Crippen molar-refractivity contribution in [2.24, 2.45) is 0 Å². The summed E-state index contributed by atoms with van der Waals surface area (Å²) in [5, 5.41) is 9.91. The highest BCUT2D eigenvalue weighted by molar-refractivity contribution is 5.96. The second-order valence-electron chi connectivity index (χ2n) is 8.73. The van der Waals surface area contributed by atoms with E-state index in [0.29, 0.717) is 34.2 Å². The molecule has 0 fully saturated rings. The summed E-state index contributed by atoms with van der Waals surface area (Å²) in [5.41, 5.74) is 4.40. The fourth-order valence-corrected chi connectivity index (χ4v) is 4.69. The summed E-state index contributed by atoms with van der Waals surface area (Å²) in [6.07, 6.45) is 3.31. The fraction of sp³-hybridized carbons (Fsp3) is 0.207.